The number of piperidine rings is 1. The molecule has 1 aromatic rings. The number of benzene rings is 1. The van der Waals surface area contributed by atoms with Gasteiger partial charge in [0.2, 0.25) is 0 Å². The molecule has 1 aliphatic heterocycles. The van der Waals surface area contributed by atoms with Crippen LogP contribution in [0.3, 0.4) is 0 Å². The van der Waals surface area contributed by atoms with Crippen LogP contribution in [0.2, 0.25) is 0 Å². The highest BCUT2D eigenvalue weighted by Crippen LogP contribution is 2.27. The average molecular weight is 306 g/mol. The molecule has 0 saturated carbocycles. The van der Waals surface area contributed by atoms with Crippen molar-refractivity contribution >= 4 is 0 Å². The van der Waals surface area contributed by atoms with E-state index in [0.29, 0.717) is 18.0 Å². The van der Waals surface area contributed by atoms with E-state index in [1.165, 1.54) is 18.5 Å². The van der Waals surface area contributed by atoms with Gasteiger partial charge in [0.05, 0.1) is 14.2 Å². The highest BCUT2D eigenvalue weighted by molar-refractivity contribution is 5.42. The van der Waals surface area contributed by atoms with E-state index in [0.717, 1.165) is 24.5 Å². The lowest BCUT2D eigenvalue weighted by Gasteiger charge is -2.40. The van der Waals surface area contributed by atoms with Crippen LogP contribution < -0.4 is 14.8 Å². The third-order valence-corrected chi connectivity index (χ3v) is 4.88. The molecule has 0 bridgehead atoms. The number of ether oxygens (including phenoxy) is 2. The summed E-state index contributed by atoms with van der Waals surface area (Å²) in [6, 6.07) is 7.44. The molecule has 1 N–H and O–H groups in total. The highest BCUT2D eigenvalue weighted by Gasteiger charge is 2.28. The van der Waals surface area contributed by atoms with Gasteiger partial charge in [-0.15, -0.1) is 0 Å². The normalized spacial score (nSPS) is 26.0. The zero-order chi connectivity index (χ0) is 16.1. The quantitative estimate of drug-likeness (QED) is 0.876. The van der Waals surface area contributed by atoms with E-state index < -0.39 is 0 Å². The zero-order valence-corrected chi connectivity index (χ0v) is 14.6. The fourth-order valence-electron chi connectivity index (χ4n) is 3.26. The fourth-order valence-corrected chi connectivity index (χ4v) is 3.26. The van der Waals surface area contributed by atoms with Crippen molar-refractivity contribution in [3.8, 4) is 11.5 Å². The van der Waals surface area contributed by atoms with E-state index >= 15 is 0 Å². The van der Waals surface area contributed by atoms with Crippen LogP contribution in [-0.4, -0.2) is 51.3 Å². The molecule has 0 aliphatic carbocycles. The minimum absolute atomic E-state index is 0.617. The molecule has 2 rings (SSSR count). The minimum Gasteiger partial charge on any atom is -0.493 e. The summed E-state index contributed by atoms with van der Waals surface area (Å²) in [4.78, 5) is 2.46. The van der Waals surface area contributed by atoms with E-state index in [2.05, 4.69) is 43.2 Å². The summed E-state index contributed by atoms with van der Waals surface area (Å²) in [6.45, 7) is 6.83. The van der Waals surface area contributed by atoms with E-state index in [1.54, 1.807) is 14.2 Å². The lowest BCUT2D eigenvalue weighted by Crippen LogP contribution is -2.51. The number of nitrogens with one attached hydrogen (secondary N) is 1. The Balaban J connectivity index is 1.86. The predicted molar refractivity (Wildman–Crippen MR) is 90.9 cm³/mol. The third kappa shape index (κ3) is 4.14. The maximum atomic E-state index is 5.37. The summed E-state index contributed by atoms with van der Waals surface area (Å²) >= 11 is 0. The molecule has 1 aromatic carbocycles. The van der Waals surface area contributed by atoms with Crippen molar-refractivity contribution in [2.24, 2.45) is 5.92 Å². The Labute approximate surface area is 134 Å². The van der Waals surface area contributed by atoms with Gasteiger partial charge in [0.1, 0.15) is 0 Å². The van der Waals surface area contributed by atoms with Crippen LogP contribution in [-0.2, 0) is 6.42 Å². The van der Waals surface area contributed by atoms with Gasteiger partial charge in [-0.25, -0.2) is 0 Å². The average Bonchev–Trinajstić information content (AvgIpc) is 2.52. The monoisotopic (exact) mass is 306 g/mol. The second kappa shape index (κ2) is 7.84. The Bertz CT molecular complexity index is 478. The summed E-state index contributed by atoms with van der Waals surface area (Å²) in [6.07, 6.45) is 2.23. The second-order valence-corrected chi connectivity index (χ2v) is 6.50. The number of hydrogen-bond donors (Lipinski definition) is 1. The van der Waals surface area contributed by atoms with Gasteiger partial charge < -0.3 is 19.7 Å². The summed E-state index contributed by atoms with van der Waals surface area (Å²) < 4.78 is 10.6. The largest absolute Gasteiger partial charge is 0.493 e. The first kappa shape index (κ1) is 17.1. The van der Waals surface area contributed by atoms with E-state index in [-0.39, 0.29) is 0 Å². The molecule has 3 atom stereocenters. The fraction of sp³-hybridized carbons (Fsp3) is 0.667. The van der Waals surface area contributed by atoms with Gasteiger partial charge in [-0.3, -0.25) is 0 Å². The van der Waals surface area contributed by atoms with Crippen molar-refractivity contribution in [2.75, 3.05) is 34.4 Å². The number of hydrogen-bond acceptors (Lipinski definition) is 4. The third-order valence-electron chi connectivity index (χ3n) is 4.88. The van der Waals surface area contributed by atoms with Crippen LogP contribution in [0.4, 0.5) is 0 Å². The Morgan fingerprint density at radius 3 is 2.59 bits per heavy atom. The Morgan fingerprint density at radius 2 is 1.91 bits per heavy atom. The van der Waals surface area contributed by atoms with Gasteiger partial charge in [0.25, 0.3) is 0 Å². The van der Waals surface area contributed by atoms with Gasteiger partial charge in [-0.2, -0.15) is 0 Å². The summed E-state index contributed by atoms with van der Waals surface area (Å²) in [5, 5.41) is 3.74. The predicted octanol–water partition coefficient (Wildman–Crippen LogP) is 2.56. The molecular weight excluding hydrogens is 276 g/mol. The lowest BCUT2D eigenvalue weighted by atomic mass is 9.90. The van der Waals surface area contributed by atoms with E-state index in [9.17, 15) is 0 Å². The highest BCUT2D eigenvalue weighted by atomic mass is 16.5. The number of rotatable bonds is 6. The molecule has 1 saturated heterocycles. The van der Waals surface area contributed by atoms with E-state index in [4.69, 9.17) is 9.47 Å². The molecule has 0 aromatic heterocycles. The van der Waals surface area contributed by atoms with Crippen LogP contribution in [0.25, 0.3) is 0 Å². The van der Waals surface area contributed by atoms with Gasteiger partial charge in [-0.05, 0) is 57.0 Å². The first-order chi connectivity index (χ1) is 10.5. The SMILES string of the molecule is COc1ccc(CCN[C@H]2C[C@@H](C)N(C)C[C@H]2C)cc1OC. The topological polar surface area (TPSA) is 33.7 Å². The van der Waals surface area contributed by atoms with Gasteiger partial charge in [0.15, 0.2) is 11.5 Å². The lowest BCUT2D eigenvalue weighted by molar-refractivity contribution is 0.122. The van der Waals surface area contributed by atoms with Crippen molar-refractivity contribution in [3.05, 3.63) is 23.8 Å². The van der Waals surface area contributed by atoms with Gasteiger partial charge >= 0.3 is 0 Å². The van der Waals surface area contributed by atoms with Crippen LogP contribution in [0.15, 0.2) is 18.2 Å². The molecule has 0 amide bonds. The first-order valence-electron chi connectivity index (χ1n) is 8.19. The molecule has 0 unspecified atom stereocenters. The second-order valence-electron chi connectivity index (χ2n) is 6.50. The molecule has 4 heteroatoms. The van der Waals surface area contributed by atoms with Crippen LogP contribution in [0.5, 0.6) is 11.5 Å². The molecule has 1 heterocycles. The molecule has 0 spiro atoms. The molecule has 1 fully saturated rings. The smallest absolute Gasteiger partial charge is 0.160 e. The zero-order valence-electron chi connectivity index (χ0n) is 14.6. The number of nitrogens with zero attached hydrogens (tertiary/aromatic N) is 1. The van der Waals surface area contributed by atoms with E-state index in [1.807, 2.05) is 6.07 Å². The first-order valence-corrected chi connectivity index (χ1v) is 8.19. The van der Waals surface area contributed by atoms with Crippen molar-refractivity contribution in [1.82, 2.24) is 10.2 Å². The molecule has 0 radical (unpaired) electrons. The Kier molecular flexibility index (Phi) is 6.09. The molecule has 22 heavy (non-hydrogen) atoms. The van der Waals surface area contributed by atoms with Gasteiger partial charge in [-0.1, -0.05) is 13.0 Å². The van der Waals surface area contributed by atoms with Crippen LogP contribution >= 0.6 is 0 Å². The molecular formula is C18H30N2O2. The van der Waals surface area contributed by atoms with Crippen molar-refractivity contribution in [3.63, 3.8) is 0 Å². The Morgan fingerprint density at radius 1 is 1.18 bits per heavy atom. The summed E-state index contributed by atoms with van der Waals surface area (Å²) in [5.41, 5.74) is 1.28. The van der Waals surface area contributed by atoms with Crippen molar-refractivity contribution < 1.29 is 9.47 Å². The molecule has 1 aliphatic rings. The summed E-state index contributed by atoms with van der Waals surface area (Å²) in [7, 11) is 5.57. The minimum atomic E-state index is 0.617. The maximum absolute atomic E-state index is 5.37. The molecule has 124 valence electrons. The van der Waals surface area contributed by atoms with Crippen molar-refractivity contribution in [2.45, 2.75) is 38.8 Å². The Hall–Kier alpha value is -1.26. The maximum Gasteiger partial charge on any atom is 0.160 e. The van der Waals surface area contributed by atoms with Crippen LogP contribution in [0, 0.1) is 5.92 Å². The standard InChI is InChI=1S/C18H30N2O2/c1-13-12-20(3)14(2)10-16(13)19-9-8-15-6-7-17(21-4)18(11-15)22-5/h6-7,11,13-14,16,19H,8-10,12H2,1-5H3/t13-,14-,16+/m1/s1. The van der Waals surface area contributed by atoms with Crippen LogP contribution in [0.1, 0.15) is 25.8 Å². The van der Waals surface area contributed by atoms with Crippen molar-refractivity contribution in [1.29, 1.82) is 0 Å². The molecule has 4 nitrogen and oxygen atoms in total. The van der Waals surface area contributed by atoms with Gasteiger partial charge in [0, 0.05) is 18.6 Å². The number of methoxy groups -OCH3 is 2. The number of likely N-dealkylation sites (tertiary alicyclic amines) is 1. The summed E-state index contributed by atoms with van der Waals surface area (Å²) in [5.74, 6) is 2.30.